The number of halogens is 3. The summed E-state index contributed by atoms with van der Waals surface area (Å²) in [5.74, 6) is 0.363. The fourth-order valence-electron chi connectivity index (χ4n) is 1.27. The Morgan fingerprint density at radius 3 is 2.50 bits per heavy atom. The number of nitrogens with zero attached hydrogens (tertiary/aromatic N) is 3. The highest BCUT2D eigenvalue weighted by Crippen LogP contribution is 2.28. The first-order chi connectivity index (χ1) is 8.55. The Bertz CT molecular complexity index is 496. The first kappa shape index (κ1) is 12.3. The van der Waals surface area contributed by atoms with Crippen LogP contribution in [0.1, 0.15) is 11.3 Å². The van der Waals surface area contributed by atoms with E-state index in [2.05, 4.69) is 20.3 Å². The summed E-state index contributed by atoms with van der Waals surface area (Å²) in [6.07, 6.45) is -0.581. The second kappa shape index (κ2) is 4.99. The van der Waals surface area contributed by atoms with E-state index in [1.807, 2.05) is 0 Å². The van der Waals surface area contributed by atoms with Gasteiger partial charge in [0.15, 0.2) is 0 Å². The van der Waals surface area contributed by atoms with E-state index in [1.165, 1.54) is 12.4 Å². The maximum atomic E-state index is 12.3. The molecule has 0 atom stereocenters. The van der Waals surface area contributed by atoms with E-state index >= 15 is 0 Å². The molecule has 0 saturated heterocycles. The Morgan fingerprint density at radius 1 is 1.11 bits per heavy atom. The van der Waals surface area contributed by atoms with Crippen LogP contribution in [0.5, 0.6) is 0 Å². The summed E-state index contributed by atoms with van der Waals surface area (Å²) in [5, 5.41) is 2.87. The van der Waals surface area contributed by atoms with Crippen LogP contribution < -0.4 is 5.32 Å². The number of pyridine rings is 1. The molecule has 0 spiro atoms. The van der Waals surface area contributed by atoms with Gasteiger partial charge in [-0.1, -0.05) is 0 Å². The zero-order chi connectivity index (χ0) is 13.0. The molecule has 4 nitrogen and oxygen atoms in total. The van der Waals surface area contributed by atoms with E-state index in [0.717, 1.165) is 18.0 Å². The Morgan fingerprint density at radius 2 is 1.94 bits per heavy atom. The molecular weight excluding hydrogens is 245 g/mol. The Balaban J connectivity index is 1.99. The number of nitrogens with one attached hydrogen (secondary N) is 1. The number of alkyl halides is 3. The van der Waals surface area contributed by atoms with Crippen molar-refractivity contribution in [2.75, 3.05) is 5.32 Å². The molecule has 0 aliphatic carbocycles. The summed E-state index contributed by atoms with van der Waals surface area (Å²) in [6.45, 7) is 0.376. The number of anilines is 1. The van der Waals surface area contributed by atoms with Crippen LogP contribution in [0.25, 0.3) is 0 Å². The van der Waals surface area contributed by atoms with E-state index in [9.17, 15) is 13.2 Å². The predicted molar refractivity (Wildman–Crippen MR) is 58.6 cm³/mol. The van der Waals surface area contributed by atoms with Gasteiger partial charge in [0, 0.05) is 12.4 Å². The normalized spacial score (nSPS) is 11.3. The lowest BCUT2D eigenvalue weighted by atomic mass is 10.3. The van der Waals surface area contributed by atoms with Crippen molar-refractivity contribution in [1.29, 1.82) is 0 Å². The zero-order valence-corrected chi connectivity index (χ0v) is 9.15. The predicted octanol–water partition coefficient (Wildman–Crippen LogP) is 2.50. The summed E-state index contributed by atoms with van der Waals surface area (Å²) < 4.78 is 36.9. The second-order valence-corrected chi connectivity index (χ2v) is 3.48. The molecule has 0 bridgehead atoms. The molecule has 0 aromatic carbocycles. The van der Waals surface area contributed by atoms with Crippen LogP contribution in [0, 0.1) is 0 Å². The monoisotopic (exact) mass is 254 g/mol. The lowest BCUT2D eigenvalue weighted by Gasteiger charge is -2.08. The molecule has 7 heteroatoms. The van der Waals surface area contributed by atoms with Gasteiger partial charge in [0.2, 0.25) is 0 Å². The Labute approximate surface area is 101 Å². The number of hydrogen-bond acceptors (Lipinski definition) is 4. The van der Waals surface area contributed by atoms with Crippen LogP contribution in [0.3, 0.4) is 0 Å². The van der Waals surface area contributed by atoms with Crippen LogP contribution in [-0.2, 0) is 12.7 Å². The van der Waals surface area contributed by atoms with Gasteiger partial charge in [-0.05, 0) is 18.2 Å². The molecule has 0 aliphatic rings. The van der Waals surface area contributed by atoms with Crippen LogP contribution in [0.4, 0.5) is 19.0 Å². The minimum atomic E-state index is -4.36. The number of rotatable bonds is 3. The summed E-state index contributed by atoms with van der Waals surface area (Å²) in [5.41, 5.74) is -0.0400. The largest absolute Gasteiger partial charge is 0.417 e. The fraction of sp³-hybridized carbons (Fsp3) is 0.182. The molecular formula is C11H9F3N4. The molecule has 0 radical (unpaired) electrons. The molecule has 0 aliphatic heterocycles. The van der Waals surface area contributed by atoms with Crippen molar-refractivity contribution in [2.24, 2.45) is 0 Å². The summed E-state index contributed by atoms with van der Waals surface area (Å²) in [4.78, 5) is 11.4. The van der Waals surface area contributed by atoms with Crippen molar-refractivity contribution in [2.45, 2.75) is 12.7 Å². The maximum absolute atomic E-state index is 12.3. The van der Waals surface area contributed by atoms with Gasteiger partial charge >= 0.3 is 6.18 Å². The first-order valence-corrected chi connectivity index (χ1v) is 5.08. The first-order valence-electron chi connectivity index (χ1n) is 5.08. The van der Waals surface area contributed by atoms with E-state index in [0.29, 0.717) is 12.4 Å². The molecule has 2 aromatic rings. The van der Waals surface area contributed by atoms with Crippen LogP contribution >= 0.6 is 0 Å². The maximum Gasteiger partial charge on any atom is 0.417 e. The minimum Gasteiger partial charge on any atom is -0.364 e. The van der Waals surface area contributed by atoms with Crippen LogP contribution in [0.2, 0.25) is 0 Å². The van der Waals surface area contributed by atoms with E-state index in [1.54, 1.807) is 12.3 Å². The quantitative estimate of drug-likeness (QED) is 0.914. The lowest BCUT2D eigenvalue weighted by molar-refractivity contribution is -0.137. The van der Waals surface area contributed by atoms with Crippen molar-refractivity contribution >= 4 is 5.82 Å². The van der Waals surface area contributed by atoms with Crippen LogP contribution in [-0.4, -0.2) is 15.0 Å². The smallest absolute Gasteiger partial charge is 0.364 e. The molecule has 0 unspecified atom stereocenters. The Hall–Kier alpha value is -2.18. The molecule has 94 valence electrons. The molecule has 2 aromatic heterocycles. The zero-order valence-electron chi connectivity index (χ0n) is 9.15. The highest BCUT2D eigenvalue weighted by atomic mass is 19.4. The van der Waals surface area contributed by atoms with Gasteiger partial charge in [-0.15, -0.1) is 0 Å². The molecule has 0 saturated carbocycles. The number of hydrogen-bond donors (Lipinski definition) is 1. The molecule has 1 N–H and O–H groups in total. The summed E-state index contributed by atoms with van der Waals surface area (Å²) >= 11 is 0. The van der Waals surface area contributed by atoms with Crippen molar-refractivity contribution in [3.05, 3.63) is 48.2 Å². The topological polar surface area (TPSA) is 50.7 Å². The van der Waals surface area contributed by atoms with E-state index in [4.69, 9.17) is 0 Å². The highest BCUT2D eigenvalue weighted by Gasteiger charge is 2.30. The van der Waals surface area contributed by atoms with Gasteiger partial charge in [-0.3, -0.25) is 0 Å². The molecule has 0 amide bonds. The van der Waals surface area contributed by atoms with Crippen molar-refractivity contribution in [3.63, 3.8) is 0 Å². The highest BCUT2D eigenvalue weighted by molar-refractivity contribution is 5.36. The third-order valence-electron chi connectivity index (χ3n) is 2.18. The number of aromatic nitrogens is 3. The minimum absolute atomic E-state index is 0.363. The third-order valence-corrected chi connectivity index (χ3v) is 2.18. The second-order valence-electron chi connectivity index (χ2n) is 3.48. The Kier molecular flexibility index (Phi) is 3.40. The van der Waals surface area contributed by atoms with E-state index < -0.39 is 11.7 Å². The summed E-state index contributed by atoms with van der Waals surface area (Å²) in [6, 6.07) is 3.97. The lowest BCUT2D eigenvalue weighted by Crippen LogP contribution is -2.07. The SMILES string of the molecule is FC(F)(F)c1ccc(NCc2ccncn2)nc1. The third kappa shape index (κ3) is 3.16. The molecule has 0 fully saturated rings. The summed E-state index contributed by atoms with van der Waals surface area (Å²) in [7, 11) is 0. The average molecular weight is 254 g/mol. The van der Waals surface area contributed by atoms with E-state index in [-0.39, 0.29) is 0 Å². The van der Waals surface area contributed by atoms with Gasteiger partial charge in [0.25, 0.3) is 0 Å². The van der Waals surface area contributed by atoms with Gasteiger partial charge in [0.05, 0.1) is 17.8 Å². The van der Waals surface area contributed by atoms with Gasteiger partial charge in [0.1, 0.15) is 12.1 Å². The molecule has 2 heterocycles. The van der Waals surface area contributed by atoms with Gasteiger partial charge < -0.3 is 5.32 Å². The fourth-order valence-corrected chi connectivity index (χ4v) is 1.27. The van der Waals surface area contributed by atoms with Gasteiger partial charge in [-0.25, -0.2) is 15.0 Å². The van der Waals surface area contributed by atoms with Crippen molar-refractivity contribution in [1.82, 2.24) is 15.0 Å². The molecule has 2 rings (SSSR count). The van der Waals surface area contributed by atoms with Crippen molar-refractivity contribution in [3.8, 4) is 0 Å². The molecule has 18 heavy (non-hydrogen) atoms. The standard InChI is InChI=1S/C11H9F3N4/c12-11(13,14)8-1-2-10(16-5-8)17-6-9-3-4-15-7-18-9/h1-5,7H,6H2,(H,16,17). The van der Waals surface area contributed by atoms with Crippen molar-refractivity contribution < 1.29 is 13.2 Å². The van der Waals surface area contributed by atoms with Crippen LogP contribution in [0.15, 0.2) is 36.9 Å². The average Bonchev–Trinajstić information content (AvgIpc) is 2.37. The van der Waals surface area contributed by atoms with Gasteiger partial charge in [-0.2, -0.15) is 13.2 Å².